The van der Waals surface area contributed by atoms with Crippen molar-refractivity contribution in [2.75, 3.05) is 13.1 Å². The summed E-state index contributed by atoms with van der Waals surface area (Å²) in [6.45, 7) is 0.838. The molecule has 0 saturated carbocycles. The molecule has 172 valence electrons. The molecule has 1 aliphatic heterocycles. The number of nitrogens with zero attached hydrogens (tertiary/aromatic N) is 1. The van der Waals surface area contributed by atoms with E-state index in [1.54, 1.807) is 12.2 Å². The van der Waals surface area contributed by atoms with Gasteiger partial charge >= 0.3 is 6.09 Å². The minimum Gasteiger partial charge on any atom is -0.488 e. The predicted octanol–water partition coefficient (Wildman–Crippen LogP) is 5.14. The van der Waals surface area contributed by atoms with Crippen LogP contribution in [0.3, 0.4) is 0 Å². The highest BCUT2D eigenvalue weighted by molar-refractivity contribution is 6.31. The van der Waals surface area contributed by atoms with E-state index in [2.05, 4.69) is 0 Å². The number of hydrogen-bond acceptors (Lipinski definition) is 4. The zero-order valence-electron chi connectivity index (χ0n) is 18.2. The van der Waals surface area contributed by atoms with E-state index in [0.717, 1.165) is 11.1 Å². The first-order valence-electron chi connectivity index (χ1n) is 10.9. The highest BCUT2D eigenvalue weighted by Crippen LogP contribution is 2.40. The van der Waals surface area contributed by atoms with E-state index < -0.39 is 17.6 Å². The molecule has 0 bridgehead atoms. The van der Waals surface area contributed by atoms with Gasteiger partial charge < -0.3 is 19.5 Å². The molecule has 33 heavy (non-hydrogen) atoms. The number of ketones is 1. The van der Waals surface area contributed by atoms with Gasteiger partial charge in [-0.3, -0.25) is 4.79 Å². The minimum absolute atomic E-state index is 0.0226. The second kappa shape index (κ2) is 10.2. The number of carboxylic acid groups (broad SMARTS) is 1. The molecule has 2 unspecified atom stereocenters. The number of hydrogen-bond donors (Lipinski definition) is 1. The first-order valence-corrected chi connectivity index (χ1v) is 11.3. The van der Waals surface area contributed by atoms with Gasteiger partial charge in [0.2, 0.25) is 0 Å². The van der Waals surface area contributed by atoms with Gasteiger partial charge in [-0.05, 0) is 17.2 Å². The first-order chi connectivity index (χ1) is 16.0. The standard InChI is InChI=1S/C26H26ClNO5/c27-22-11-13-26(33-18-20-9-5-2-6-10-20,21-16-28(25(30)31)14-12-23(21)29)15-24(22)32-17-19-7-3-1-4-8-19/h1-11,15,21H,12-14,16-18H2,(H,30,31). The van der Waals surface area contributed by atoms with Gasteiger partial charge in [-0.25, -0.2) is 4.79 Å². The molecule has 2 aromatic carbocycles. The summed E-state index contributed by atoms with van der Waals surface area (Å²) in [6, 6.07) is 19.4. The molecule has 2 atom stereocenters. The molecule has 0 aromatic heterocycles. The molecule has 1 aliphatic carbocycles. The second-order valence-corrected chi connectivity index (χ2v) is 8.67. The number of carbonyl (C=O) groups is 2. The maximum Gasteiger partial charge on any atom is 0.407 e. The Morgan fingerprint density at radius 1 is 1.06 bits per heavy atom. The number of allylic oxidation sites excluding steroid dienone is 1. The van der Waals surface area contributed by atoms with E-state index >= 15 is 0 Å². The van der Waals surface area contributed by atoms with Crippen LogP contribution in [0.4, 0.5) is 4.79 Å². The molecule has 4 rings (SSSR count). The quantitative estimate of drug-likeness (QED) is 0.610. The Morgan fingerprint density at radius 2 is 1.70 bits per heavy atom. The molecule has 1 amide bonds. The molecule has 1 N–H and O–H groups in total. The predicted molar refractivity (Wildman–Crippen MR) is 125 cm³/mol. The van der Waals surface area contributed by atoms with Gasteiger partial charge in [0, 0.05) is 25.9 Å². The Hall–Kier alpha value is -3.09. The van der Waals surface area contributed by atoms with Crippen LogP contribution in [0.1, 0.15) is 24.0 Å². The Balaban J connectivity index is 1.64. The molecule has 7 heteroatoms. The average molecular weight is 468 g/mol. The van der Waals surface area contributed by atoms with Gasteiger partial charge in [0.1, 0.15) is 23.8 Å². The summed E-state index contributed by atoms with van der Waals surface area (Å²) < 4.78 is 12.5. The van der Waals surface area contributed by atoms with Crippen molar-refractivity contribution in [3.05, 3.63) is 94.7 Å². The summed E-state index contributed by atoms with van der Waals surface area (Å²) in [4.78, 5) is 25.9. The number of piperidine rings is 1. The van der Waals surface area contributed by atoms with Crippen molar-refractivity contribution in [3.63, 3.8) is 0 Å². The van der Waals surface area contributed by atoms with Crippen molar-refractivity contribution in [1.82, 2.24) is 4.90 Å². The SMILES string of the molecule is O=C1CCN(C(=O)O)CC1C1(OCc2ccccc2)C=C(OCc2ccccc2)C(Cl)=CC1. The van der Waals surface area contributed by atoms with Crippen LogP contribution in [0.2, 0.25) is 0 Å². The zero-order chi connectivity index (χ0) is 23.3. The molecular weight excluding hydrogens is 442 g/mol. The second-order valence-electron chi connectivity index (χ2n) is 8.27. The lowest BCUT2D eigenvalue weighted by Crippen LogP contribution is -2.54. The maximum atomic E-state index is 13.0. The molecule has 1 saturated heterocycles. The number of ether oxygens (including phenoxy) is 2. The number of benzene rings is 2. The third-order valence-corrected chi connectivity index (χ3v) is 6.42. The lowest BCUT2D eigenvalue weighted by molar-refractivity contribution is -0.140. The number of likely N-dealkylation sites (tertiary alicyclic amines) is 1. The van der Waals surface area contributed by atoms with Gasteiger partial charge in [0.25, 0.3) is 0 Å². The van der Waals surface area contributed by atoms with Crippen molar-refractivity contribution >= 4 is 23.5 Å². The number of Topliss-reactive ketones (excluding diaryl/α,β-unsaturated/α-hetero) is 1. The van der Waals surface area contributed by atoms with Gasteiger partial charge in [-0.15, -0.1) is 0 Å². The summed E-state index contributed by atoms with van der Waals surface area (Å²) in [7, 11) is 0. The van der Waals surface area contributed by atoms with Crippen LogP contribution in [0.5, 0.6) is 0 Å². The molecule has 1 heterocycles. The van der Waals surface area contributed by atoms with E-state index in [4.69, 9.17) is 21.1 Å². The van der Waals surface area contributed by atoms with E-state index in [-0.39, 0.29) is 31.9 Å². The van der Waals surface area contributed by atoms with Crippen molar-refractivity contribution < 1.29 is 24.2 Å². The molecule has 6 nitrogen and oxygen atoms in total. The molecule has 2 aliphatic rings. The molecular formula is C26H26ClNO5. The number of amides is 1. The summed E-state index contributed by atoms with van der Waals surface area (Å²) in [5.41, 5.74) is 0.872. The first kappa shape index (κ1) is 23.1. The van der Waals surface area contributed by atoms with E-state index in [0.29, 0.717) is 23.8 Å². The summed E-state index contributed by atoms with van der Waals surface area (Å²) in [5, 5.41) is 9.98. The molecule has 2 aromatic rings. The minimum atomic E-state index is -1.06. The van der Waals surface area contributed by atoms with Gasteiger partial charge in [-0.1, -0.05) is 78.3 Å². The van der Waals surface area contributed by atoms with Crippen LogP contribution in [0, 0.1) is 5.92 Å². The van der Waals surface area contributed by atoms with Crippen LogP contribution < -0.4 is 0 Å². The topological polar surface area (TPSA) is 76.1 Å². The van der Waals surface area contributed by atoms with Crippen molar-refractivity contribution in [2.45, 2.75) is 31.7 Å². The van der Waals surface area contributed by atoms with Gasteiger partial charge in [-0.2, -0.15) is 0 Å². The Morgan fingerprint density at radius 3 is 2.33 bits per heavy atom. The van der Waals surface area contributed by atoms with Crippen LogP contribution in [0.25, 0.3) is 0 Å². The van der Waals surface area contributed by atoms with Crippen LogP contribution in [-0.2, 0) is 27.5 Å². The monoisotopic (exact) mass is 467 g/mol. The van der Waals surface area contributed by atoms with Crippen LogP contribution in [-0.4, -0.2) is 40.6 Å². The molecule has 1 fully saturated rings. The fourth-order valence-electron chi connectivity index (χ4n) is 4.22. The number of carbonyl (C=O) groups excluding carboxylic acids is 1. The average Bonchev–Trinajstić information content (AvgIpc) is 2.84. The highest BCUT2D eigenvalue weighted by atomic mass is 35.5. The summed E-state index contributed by atoms with van der Waals surface area (Å²) in [5.74, 6) is -0.256. The van der Waals surface area contributed by atoms with Gasteiger partial charge in [0.15, 0.2) is 0 Å². The summed E-state index contributed by atoms with van der Waals surface area (Å²) in [6.07, 6.45) is 3.02. The van der Waals surface area contributed by atoms with E-state index in [9.17, 15) is 14.7 Å². The third kappa shape index (κ3) is 5.46. The van der Waals surface area contributed by atoms with E-state index in [1.807, 2.05) is 60.7 Å². The Bertz CT molecular complexity index is 1050. The van der Waals surface area contributed by atoms with Gasteiger partial charge in [0.05, 0.1) is 17.6 Å². The molecule has 0 radical (unpaired) electrons. The normalized spacial score (nSPS) is 23.0. The lowest BCUT2D eigenvalue weighted by Gasteiger charge is -2.43. The fraction of sp³-hybridized carbons (Fsp3) is 0.308. The lowest BCUT2D eigenvalue weighted by atomic mass is 9.76. The fourth-order valence-corrected chi connectivity index (χ4v) is 4.40. The van der Waals surface area contributed by atoms with Crippen molar-refractivity contribution in [1.29, 1.82) is 0 Å². The van der Waals surface area contributed by atoms with Crippen LogP contribution >= 0.6 is 11.6 Å². The van der Waals surface area contributed by atoms with E-state index in [1.165, 1.54) is 4.90 Å². The van der Waals surface area contributed by atoms with Crippen LogP contribution in [0.15, 0.2) is 83.6 Å². The van der Waals surface area contributed by atoms with Crippen molar-refractivity contribution in [3.8, 4) is 0 Å². The Labute approximate surface area is 198 Å². The smallest absolute Gasteiger partial charge is 0.407 e. The highest BCUT2D eigenvalue weighted by Gasteiger charge is 2.47. The Kier molecular flexibility index (Phi) is 7.16. The maximum absolute atomic E-state index is 13.0. The third-order valence-electron chi connectivity index (χ3n) is 6.08. The zero-order valence-corrected chi connectivity index (χ0v) is 18.9. The molecule has 0 spiro atoms. The number of halogens is 1. The van der Waals surface area contributed by atoms with Crippen molar-refractivity contribution in [2.24, 2.45) is 5.92 Å². The number of rotatable bonds is 7. The largest absolute Gasteiger partial charge is 0.488 e. The summed E-state index contributed by atoms with van der Waals surface area (Å²) >= 11 is 6.47.